The monoisotopic (exact) mass is 273 g/mol. The topological polar surface area (TPSA) is 12.0 Å². The minimum absolute atomic E-state index is 0.922. The summed E-state index contributed by atoms with van der Waals surface area (Å²) in [6.07, 6.45) is 14.6. The largest absolute Gasteiger partial charge is 0.350 e. The Bertz CT molecular complexity index is 391. The van der Waals surface area contributed by atoms with E-state index in [4.69, 9.17) is 18.6 Å². The first-order valence-electron chi connectivity index (χ1n) is 7.11. The summed E-state index contributed by atoms with van der Waals surface area (Å²) in [6, 6.07) is 10.1. The van der Waals surface area contributed by atoms with E-state index >= 15 is 0 Å². The number of rotatable bonds is 9. The maximum atomic E-state index is 5.34. The molecule has 0 radical (unpaired) electrons. The van der Waals surface area contributed by atoms with Gasteiger partial charge in [0.1, 0.15) is 0 Å². The summed E-state index contributed by atoms with van der Waals surface area (Å²) in [5, 5.41) is 3.27. The third kappa shape index (κ3) is 8.40. The fraction of sp³-hybridized carbons (Fsp3) is 0.471. The maximum Gasteiger partial charge on any atom is 0.0797 e. The zero-order valence-corrected chi connectivity index (χ0v) is 12.3. The van der Waals surface area contributed by atoms with Crippen molar-refractivity contribution in [3.05, 3.63) is 30.3 Å². The molecule has 0 saturated carbocycles. The average Bonchev–Trinajstić information content (AvgIpc) is 2.43. The lowest BCUT2D eigenvalue weighted by molar-refractivity contribution is 0.606. The third-order valence-corrected chi connectivity index (χ3v) is 3.34. The van der Waals surface area contributed by atoms with Crippen LogP contribution in [0.4, 0.5) is 5.69 Å². The molecule has 0 bridgehead atoms. The zero-order valence-electron chi connectivity index (χ0n) is 11.5. The first kappa shape index (κ1) is 15.7. The second-order valence-electron chi connectivity index (χ2n) is 4.74. The molecule has 0 atom stereocenters. The van der Waals surface area contributed by atoms with E-state index < -0.39 is 0 Å². The van der Waals surface area contributed by atoms with E-state index in [1.54, 1.807) is 0 Å². The molecule has 1 aromatic rings. The van der Waals surface area contributed by atoms with Crippen LogP contribution < -0.4 is 5.32 Å². The number of benzene rings is 1. The molecule has 1 N–H and O–H groups in total. The molecule has 0 aliphatic rings. The molecule has 0 fully saturated rings. The van der Waals surface area contributed by atoms with Gasteiger partial charge in [-0.05, 0) is 31.4 Å². The fourth-order valence-electron chi connectivity index (χ4n) is 1.96. The van der Waals surface area contributed by atoms with Gasteiger partial charge in [0, 0.05) is 12.1 Å². The molecule has 0 spiro atoms. The van der Waals surface area contributed by atoms with E-state index in [2.05, 4.69) is 11.2 Å². The van der Waals surface area contributed by atoms with Crippen LogP contribution in [-0.2, 0) is 0 Å². The number of nitrogens with one attached hydrogen (secondary N) is 1. The second-order valence-corrected chi connectivity index (χ2v) is 5.23. The first-order chi connectivity index (χ1) is 9.33. The fourth-order valence-corrected chi connectivity index (χ4v) is 2.23. The summed E-state index contributed by atoms with van der Waals surface area (Å²) in [5.41, 5.74) is 1.08. The van der Waals surface area contributed by atoms with Gasteiger partial charge in [-0.2, -0.15) is 0 Å². The third-order valence-electron chi connectivity index (χ3n) is 3.03. The Morgan fingerprint density at radius 3 is 2.32 bits per heavy atom. The Labute approximate surface area is 122 Å². The van der Waals surface area contributed by atoms with Crippen molar-refractivity contribution in [2.45, 2.75) is 51.4 Å². The lowest BCUT2D eigenvalue weighted by Gasteiger charge is -2.07. The van der Waals surface area contributed by atoms with E-state index in [9.17, 15) is 0 Å². The van der Waals surface area contributed by atoms with Gasteiger partial charge in [0.15, 0.2) is 0 Å². The van der Waals surface area contributed by atoms with E-state index in [1.165, 1.54) is 38.5 Å². The van der Waals surface area contributed by atoms with Crippen molar-refractivity contribution in [3.63, 3.8) is 0 Å². The molecular weight excluding hydrogens is 250 g/mol. The van der Waals surface area contributed by atoms with Crippen molar-refractivity contribution in [2.24, 2.45) is 0 Å². The molecule has 0 amide bonds. The minimum Gasteiger partial charge on any atom is -0.350 e. The normalized spacial score (nSPS) is 9.84. The number of unbranched alkanes of at least 4 members (excludes halogenated alkanes) is 6. The zero-order chi connectivity index (χ0) is 13.8. The molecule has 2 heteroatoms. The van der Waals surface area contributed by atoms with Crippen LogP contribution in [0, 0.1) is 12.3 Å². The second kappa shape index (κ2) is 10.6. The summed E-state index contributed by atoms with van der Waals surface area (Å²) in [6.45, 7) is 0. The number of thiocarbonyl (C=S) groups is 1. The van der Waals surface area contributed by atoms with E-state index in [-0.39, 0.29) is 0 Å². The van der Waals surface area contributed by atoms with Crippen LogP contribution in [0.5, 0.6) is 0 Å². The van der Waals surface area contributed by atoms with E-state index in [1.807, 2.05) is 30.3 Å². The molecule has 1 rings (SSSR count). The molecule has 0 aliphatic carbocycles. The van der Waals surface area contributed by atoms with Crippen LogP contribution in [0.3, 0.4) is 0 Å². The Morgan fingerprint density at radius 2 is 1.63 bits per heavy atom. The number of hydrogen-bond donors (Lipinski definition) is 1. The highest BCUT2D eigenvalue weighted by molar-refractivity contribution is 7.80. The van der Waals surface area contributed by atoms with Crippen molar-refractivity contribution >= 4 is 22.9 Å². The molecule has 0 unspecified atom stereocenters. The minimum atomic E-state index is 0.922. The lowest BCUT2D eigenvalue weighted by Crippen LogP contribution is -2.08. The Balaban J connectivity index is 1.98. The molecule has 0 aromatic heterocycles. The summed E-state index contributed by atoms with van der Waals surface area (Å²) < 4.78 is 0. The van der Waals surface area contributed by atoms with E-state index in [0.29, 0.717) is 0 Å². The van der Waals surface area contributed by atoms with Crippen molar-refractivity contribution < 1.29 is 0 Å². The van der Waals surface area contributed by atoms with Gasteiger partial charge in [0.25, 0.3) is 0 Å². The van der Waals surface area contributed by atoms with Gasteiger partial charge in [0.2, 0.25) is 0 Å². The molecule has 1 nitrogen and oxygen atoms in total. The smallest absolute Gasteiger partial charge is 0.0797 e. The lowest BCUT2D eigenvalue weighted by atomic mass is 10.1. The highest BCUT2D eigenvalue weighted by atomic mass is 32.1. The Morgan fingerprint density at radius 1 is 1.00 bits per heavy atom. The van der Waals surface area contributed by atoms with Crippen molar-refractivity contribution in [2.75, 3.05) is 5.32 Å². The Kier molecular flexibility index (Phi) is 8.76. The van der Waals surface area contributed by atoms with Gasteiger partial charge in [-0.3, -0.25) is 0 Å². The van der Waals surface area contributed by atoms with Crippen LogP contribution in [0.15, 0.2) is 30.3 Å². The SMILES string of the molecule is C#CCCCCCCCCC(=S)Nc1ccccc1. The quantitative estimate of drug-likeness (QED) is 0.378. The van der Waals surface area contributed by atoms with Gasteiger partial charge < -0.3 is 5.32 Å². The van der Waals surface area contributed by atoms with Crippen LogP contribution >= 0.6 is 12.2 Å². The van der Waals surface area contributed by atoms with Crippen molar-refractivity contribution in [1.29, 1.82) is 0 Å². The predicted octanol–water partition coefficient (Wildman–Crippen LogP) is 5.18. The van der Waals surface area contributed by atoms with Crippen molar-refractivity contribution in [1.82, 2.24) is 0 Å². The van der Waals surface area contributed by atoms with E-state index in [0.717, 1.165) is 23.5 Å². The number of anilines is 1. The Hall–Kier alpha value is -1.33. The molecular formula is C17H23NS. The summed E-state index contributed by atoms with van der Waals surface area (Å²) in [7, 11) is 0. The molecule has 0 aliphatic heterocycles. The highest BCUT2D eigenvalue weighted by Crippen LogP contribution is 2.11. The van der Waals surface area contributed by atoms with Gasteiger partial charge >= 0.3 is 0 Å². The number of hydrogen-bond acceptors (Lipinski definition) is 1. The van der Waals surface area contributed by atoms with Gasteiger partial charge in [-0.15, -0.1) is 12.3 Å². The van der Waals surface area contributed by atoms with Gasteiger partial charge in [-0.1, -0.05) is 56.1 Å². The molecule has 19 heavy (non-hydrogen) atoms. The van der Waals surface area contributed by atoms with Crippen LogP contribution in [0.2, 0.25) is 0 Å². The van der Waals surface area contributed by atoms with Crippen LogP contribution in [-0.4, -0.2) is 4.99 Å². The standard InChI is InChI=1S/C17H23NS/c1-2-3-4-5-6-7-8-12-15-17(19)18-16-13-10-9-11-14-16/h1,9-11,13-14H,3-8,12,15H2,(H,18,19). The molecule has 1 aromatic carbocycles. The van der Waals surface area contributed by atoms with Gasteiger partial charge in [0.05, 0.1) is 4.99 Å². The maximum absolute atomic E-state index is 5.34. The summed E-state index contributed by atoms with van der Waals surface area (Å²) in [5.74, 6) is 2.68. The van der Waals surface area contributed by atoms with Crippen LogP contribution in [0.1, 0.15) is 51.4 Å². The predicted molar refractivity (Wildman–Crippen MR) is 88.4 cm³/mol. The summed E-state index contributed by atoms with van der Waals surface area (Å²) >= 11 is 5.34. The summed E-state index contributed by atoms with van der Waals surface area (Å²) in [4.78, 5) is 0.943. The molecule has 0 heterocycles. The number of para-hydroxylation sites is 1. The van der Waals surface area contributed by atoms with Crippen LogP contribution in [0.25, 0.3) is 0 Å². The highest BCUT2D eigenvalue weighted by Gasteiger charge is 1.98. The molecule has 0 saturated heterocycles. The average molecular weight is 273 g/mol. The van der Waals surface area contributed by atoms with Gasteiger partial charge in [-0.25, -0.2) is 0 Å². The molecule has 102 valence electrons. The van der Waals surface area contributed by atoms with Crippen molar-refractivity contribution in [3.8, 4) is 12.3 Å². The number of terminal acetylenes is 1. The first-order valence-corrected chi connectivity index (χ1v) is 7.52.